The second-order valence-corrected chi connectivity index (χ2v) is 8.32. The number of nitrogen functional groups attached to an aromatic ring is 1. The Morgan fingerprint density at radius 2 is 1.93 bits per heavy atom. The molecule has 0 spiro atoms. The molecule has 4 rings (SSSR count). The summed E-state index contributed by atoms with van der Waals surface area (Å²) < 4.78 is 20.2. The van der Waals surface area contributed by atoms with Crippen LogP contribution in [0.5, 0.6) is 0 Å². The number of aromatic nitrogens is 2. The topological polar surface area (TPSA) is 90.1 Å². The van der Waals surface area contributed by atoms with E-state index in [4.69, 9.17) is 10.5 Å². The second kappa shape index (κ2) is 9.51. The van der Waals surface area contributed by atoms with E-state index < -0.39 is 5.82 Å². The number of amides is 1. The summed E-state index contributed by atoms with van der Waals surface area (Å²) >= 11 is 0. The highest BCUT2D eigenvalue weighted by molar-refractivity contribution is 5.95. The van der Waals surface area contributed by atoms with Gasteiger partial charge in [-0.15, -0.1) is 0 Å². The number of hydrogen-bond acceptors (Lipinski definition) is 5. The third kappa shape index (κ3) is 4.78. The molecule has 0 radical (unpaired) electrons. The van der Waals surface area contributed by atoms with Crippen molar-refractivity contribution in [1.82, 2.24) is 15.3 Å². The van der Waals surface area contributed by atoms with Gasteiger partial charge in [0.1, 0.15) is 17.3 Å². The predicted octanol–water partition coefficient (Wildman–Crippen LogP) is 4.07. The van der Waals surface area contributed by atoms with Crippen LogP contribution >= 0.6 is 0 Å². The number of ether oxygens (including phenoxy) is 1. The summed E-state index contributed by atoms with van der Waals surface area (Å²) in [4.78, 5) is 21.4. The standard InChI is InChI=1S/C23H29FN4O2/c24-19-12-17(6-7-18(19)23(29)27-13-15-4-2-1-3-5-15)21-22(25)26-14-20(28-21)16-8-10-30-11-9-16/h6-7,12,14-16H,1-5,8-11,13H2,(H2,25,26)(H,27,29). The first kappa shape index (κ1) is 20.7. The first-order chi connectivity index (χ1) is 14.6. The Kier molecular flexibility index (Phi) is 6.57. The van der Waals surface area contributed by atoms with Gasteiger partial charge in [0.15, 0.2) is 0 Å². The minimum atomic E-state index is -0.577. The van der Waals surface area contributed by atoms with E-state index in [0.29, 0.717) is 36.9 Å². The van der Waals surface area contributed by atoms with E-state index in [1.807, 2.05) is 0 Å². The van der Waals surface area contributed by atoms with Crippen molar-refractivity contribution in [3.8, 4) is 11.3 Å². The summed E-state index contributed by atoms with van der Waals surface area (Å²) in [7, 11) is 0. The first-order valence-electron chi connectivity index (χ1n) is 10.9. The zero-order valence-electron chi connectivity index (χ0n) is 17.2. The number of nitrogens with zero attached hydrogens (tertiary/aromatic N) is 2. The van der Waals surface area contributed by atoms with Gasteiger partial charge in [0.05, 0.1) is 17.5 Å². The summed E-state index contributed by atoms with van der Waals surface area (Å²) in [6.45, 7) is 2.00. The van der Waals surface area contributed by atoms with Crippen molar-refractivity contribution in [1.29, 1.82) is 0 Å². The van der Waals surface area contributed by atoms with Crippen molar-refractivity contribution in [3.63, 3.8) is 0 Å². The van der Waals surface area contributed by atoms with Gasteiger partial charge in [-0.3, -0.25) is 4.79 Å². The molecule has 1 aromatic carbocycles. The molecule has 0 atom stereocenters. The van der Waals surface area contributed by atoms with Gasteiger partial charge in [-0.25, -0.2) is 14.4 Å². The molecule has 7 heteroatoms. The van der Waals surface area contributed by atoms with Crippen molar-refractivity contribution in [2.24, 2.45) is 5.92 Å². The van der Waals surface area contributed by atoms with Crippen LogP contribution in [0.25, 0.3) is 11.3 Å². The normalized spacial score (nSPS) is 18.3. The number of anilines is 1. The zero-order chi connectivity index (χ0) is 20.9. The van der Waals surface area contributed by atoms with Crippen LogP contribution in [0, 0.1) is 11.7 Å². The van der Waals surface area contributed by atoms with Crippen LogP contribution in [0.3, 0.4) is 0 Å². The van der Waals surface area contributed by atoms with Gasteiger partial charge in [0, 0.05) is 31.2 Å². The Hall–Kier alpha value is -2.54. The maximum absolute atomic E-state index is 14.8. The fraction of sp³-hybridized carbons (Fsp3) is 0.522. The summed E-state index contributed by atoms with van der Waals surface area (Å²) in [6.07, 6.45) is 9.39. The molecule has 0 unspecified atom stereocenters. The molecule has 2 aromatic rings. The number of hydrogen-bond donors (Lipinski definition) is 2. The van der Waals surface area contributed by atoms with Crippen molar-refractivity contribution in [2.75, 3.05) is 25.5 Å². The van der Waals surface area contributed by atoms with Crippen LogP contribution in [0.1, 0.15) is 66.9 Å². The van der Waals surface area contributed by atoms with Crippen molar-refractivity contribution in [2.45, 2.75) is 50.9 Å². The number of carbonyl (C=O) groups is 1. The maximum Gasteiger partial charge on any atom is 0.254 e. The van der Waals surface area contributed by atoms with E-state index in [9.17, 15) is 9.18 Å². The number of nitrogens with one attached hydrogen (secondary N) is 1. The largest absolute Gasteiger partial charge is 0.382 e. The van der Waals surface area contributed by atoms with E-state index in [1.165, 1.54) is 31.4 Å². The van der Waals surface area contributed by atoms with Crippen LogP contribution in [-0.2, 0) is 4.74 Å². The molecule has 0 bridgehead atoms. The third-order valence-corrected chi connectivity index (χ3v) is 6.22. The van der Waals surface area contributed by atoms with E-state index in [1.54, 1.807) is 12.3 Å². The third-order valence-electron chi connectivity index (χ3n) is 6.22. The molecule has 1 aromatic heterocycles. The van der Waals surface area contributed by atoms with E-state index in [-0.39, 0.29) is 23.2 Å². The molecule has 2 aliphatic rings. The number of benzene rings is 1. The smallest absolute Gasteiger partial charge is 0.254 e. The molecule has 30 heavy (non-hydrogen) atoms. The molecule has 2 heterocycles. The van der Waals surface area contributed by atoms with Crippen LogP contribution in [-0.4, -0.2) is 35.6 Å². The summed E-state index contributed by atoms with van der Waals surface area (Å²) in [6, 6.07) is 4.51. The fourth-order valence-corrected chi connectivity index (χ4v) is 4.38. The molecular weight excluding hydrogens is 383 g/mol. The van der Waals surface area contributed by atoms with Gasteiger partial charge in [0.2, 0.25) is 0 Å². The zero-order valence-corrected chi connectivity index (χ0v) is 17.2. The first-order valence-corrected chi connectivity index (χ1v) is 10.9. The Labute approximate surface area is 176 Å². The lowest BCUT2D eigenvalue weighted by Gasteiger charge is -2.22. The van der Waals surface area contributed by atoms with Crippen LogP contribution in [0.15, 0.2) is 24.4 Å². The highest BCUT2D eigenvalue weighted by Gasteiger charge is 2.21. The van der Waals surface area contributed by atoms with Gasteiger partial charge in [-0.1, -0.05) is 25.3 Å². The van der Waals surface area contributed by atoms with Gasteiger partial charge < -0.3 is 15.8 Å². The molecule has 160 valence electrons. The van der Waals surface area contributed by atoms with Gasteiger partial charge in [-0.05, 0) is 43.7 Å². The Morgan fingerprint density at radius 1 is 1.17 bits per heavy atom. The highest BCUT2D eigenvalue weighted by atomic mass is 19.1. The summed E-state index contributed by atoms with van der Waals surface area (Å²) in [5, 5.41) is 2.89. The van der Waals surface area contributed by atoms with E-state index in [0.717, 1.165) is 31.4 Å². The molecular formula is C23H29FN4O2. The molecule has 1 aliphatic heterocycles. The lowest BCUT2D eigenvalue weighted by Crippen LogP contribution is -2.30. The molecule has 1 saturated carbocycles. The molecule has 6 nitrogen and oxygen atoms in total. The lowest BCUT2D eigenvalue weighted by molar-refractivity contribution is 0.0844. The Morgan fingerprint density at radius 3 is 2.67 bits per heavy atom. The van der Waals surface area contributed by atoms with Crippen LogP contribution in [0.4, 0.5) is 10.2 Å². The number of halogens is 1. The van der Waals surface area contributed by atoms with E-state index in [2.05, 4.69) is 15.3 Å². The molecule has 3 N–H and O–H groups in total. The monoisotopic (exact) mass is 412 g/mol. The van der Waals surface area contributed by atoms with Gasteiger partial charge in [0.25, 0.3) is 5.91 Å². The lowest BCUT2D eigenvalue weighted by atomic mass is 9.89. The SMILES string of the molecule is Nc1ncc(C2CCOCC2)nc1-c1ccc(C(=O)NCC2CCCCC2)c(F)c1. The summed E-state index contributed by atoms with van der Waals surface area (Å²) in [5.74, 6) is 0.0546. The molecule has 1 aliphatic carbocycles. The highest BCUT2D eigenvalue weighted by Crippen LogP contribution is 2.30. The quantitative estimate of drug-likeness (QED) is 0.773. The van der Waals surface area contributed by atoms with Gasteiger partial charge in [-0.2, -0.15) is 0 Å². The maximum atomic E-state index is 14.8. The fourth-order valence-electron chi connectivity index (χ4n) is 4.38. The summed E-state index contributed by atoms with van der Waals surface area (Å²) in [5.41, 5.74) is 7.89. The van der Waals surface area contributed by atoms with Crippen molar-refractivity contribution < 1.29 is 13.9 Å². The number of nitrogens with two attached hydrogens (primary N) is 1. The van der Waals surface area contributed by atoms with Crippen molar-refractivity contribution in [3.05, 3.63) is 41.5 Å². The van der Waals surface area contributed by atoms with Crippen LogP contribution in [0.2, 0.25) is 0 Å². The number of rotatable bonds is 5. The molecule has 1 amide bonds. The minimum absolute atomic E-state index is 0.0432. The minimum Gasteiger partial charge on any atom is -0.382 e. The Bertz CT molecular complexity index is 893. The average Bonchev–Trinajstić information content (AvgIpc) is 2.79. The number of carbonyl (C=O) groups excluding carboxylic acids is 1. The second-order valence-electron chi connectivity index (χ2n) is 8.32. The van der Waals surface area contributed by atoms with E-state index >= 15 is 0 Å². The molecule has 1 saturated heterocycles. The predicted molar refractivity (Wildman–Crippen MR) is 114 cm³/mol. The van der Waals surface area contributed by atoms with Crippen LogP contribution < -0.4 is 11.1 Å². The van der Waals surface area contributed by atoms with Gasteiger partial charge >= 0.3 is 0 Å². The average molecular weight is 413 g/mol. The molecule has 2 fully saturated rings. The Balaban J connectivity index is 1.49. The van der Waals surface area contributed by atoms with Crippen molar-refractivity contribution >= 4 is 11.7 Å².